The molecule has 1 saturated carbocycles. The molecule has 3 unspecified atom stereocenters. The molecular weight excluding hydrogens is 566 g/mol. The Bertz CT molecular complexity index is 1460. The maximum Gasteiger partial charge on any atom is 0.319 e. The Morgan fingerprint density at radius 3 is 2.65 bits per heavy atom. The molecular formula is C32H40ClN7O3. The van der Waals surface area contributed by atoms with E-state index < -0.39 is 5.60 Å². The first-order valence-electron chi connectivity index (χ1n) is 15.0. The van der Waals surface area contributed by atoms with Gasteiger partial charge in [-0.1, -0.05) is 44.2 Å². The first-order valence-corrected chi connectivity index (χ1v) is 15.4. The van der Waals surface area contributed by atoms with Gasteiger partial charge in [0.15, 0.2) is 0 Å². The van der Waals surface area contributed by atoms with E-state index in [1.807, 2.05) is 31.3 Å². The molecule has 0 bridgehead atoms. The van der Waals surface area contributed by atoms with Crippen LogP contribution in [-0.2, 0) is 17.8 Å². The molecule has 0 radical (unpaired) electrons. The van der Waals surface area contributed by atoms with Crippen molar-refractivity contribution >= 4 is 29.0 Å². The Morgan fingerprint density at radius 2 is 2.00 bits per heavy atom. The number of nitrogens with zero attached hydrogens (tertiary/aromatic N) is 7. The lowest BCUT2D eigenvalue weighted by Crippen LogP contribution is -2.56. The Hall–Kier alpha value is -3.39. The number of β-amino-alcohol motifs (C(OH)–C–C–N with tert-alkyl or cyclic N) is 1. The smallest absolute Gasteiger partial charge is 0.319 e. The quantitative estimate of drug-likeness (QED) is 0.379. The SMILES string of the molecule is [C-]#[N+]C[C@H]1CN(c2nc(OC3(C4CC(O)CN4C)CC3(C)C)nc3c2CCN(c2ccccc2Cl)C3)CCN1C(=O)C=C. The molecule has 4 atom stereocenters. The number of likely N-dealkylation sites (tertiary alicyclic amines) is 1. The first kappa shape index (κ1) is 29.7. The summed E-state index contributed by atoms with van der Waals surface area (Å²) < 4.78 is 6.87. The summed E-state index contributed by atoms with van der Waals surface area (Å²) in [5.41, 5.74) is 2.32. The number of aromatic nitrogens is 2. The number of para-hydroxylation sites is 1. The second-order valence-electron chi connectivity index (χ2n) is 13.0. The number of ether oxygens (including phenoxy) is 1. The van der Waals surface area contributed by atoms with Crippen LogP contribution in [-0.4, -0.2) is 101 Å². The van der Waals surface area contributed by atoms with E-state index in [1.165, 1.54) is 6.08 Å². The average Bonchev–Trinajstić information content (AvgIpc) is 3.35. The van der Waals surface area contributed by atoms with Crippen LogP contribution >= 0.6 is 11.6 Å². The molecule has 10 nitrogen and oxygen atoms in total. The van der Waals surface area contributed by atoms with Crippen LogP contribution < -0.4 is 14.5 Å². The number of aliphatic hydroxyl groups excluding tert-OH is 1. The zero-order valence-corrected chi connectivity index (χ0v) is 25.9. The first-order chi connectivity index (χ1) is 20.6. The third-order valence-electron chi connectivity index (χ3n) is 9.82. The Balaban J connectivity index is 1.38. The van der Waals surface area contributed by atoms with E-state index in [4.69, 9.17) is 32.9 Å². The monoisotopic (exact) mass is 605 g/mol. The summed E-state index contributed by atoms with van der Waals surface area (Å²) in [5.74, 6) is 0.658. The van der Waals surface area contributed by atoms with E-state index in [2.05, 4.69) is 40.0 Å². The summed E-state index contributed by atoms with van der Waals surface area (Å²) >= 11 is 6.59. The number of likely N-dealkylation sites (N-methyl/N-ethyl adjacent to an activating group) is 1. The van der Waals surface area contributed by atoms with Gasteiger partial charge in [0.05, 0.1) is 35.1 Å². The van der Waals surface area contributed by atoms with E-state index in [0.29, 0.717) is 50.2 Å². The van der Waals surface area contributed by atoms with Crippen molar-refractivity contribution in [1.29, 1.82) is 0 Å². The summed E-state index contributed by atoms with van der Waals surface area (Å²) in [4.78, 5) is 34.7. The summed E-state index contributed by atoms with van der Waals surface area (Å²) in [6.07, 6.45) is 3.16. The van der Waals surface area contributed by atoms with E-state index >= 15 is 0 Å². The molecule has 228 valence electrons. The molecule has 1 N–H and O–H groups in total. The highest BCUT2D eigenvalue weighted by molar-refractivity contribution is 6.33. The maximum absolute atomic E-state index is 12.6. The number of amides is 1. The lowest BCUT2D eigenvalue weighted by molar-refractivity contribution is -0.128. The van der Waals surface area contributed by atoms with Gasteiger partial charge in [-0.3, -0.25) is 9.69 Å². The number of carbonyl (C=O) groups is 1. The van der Waals surface area contributed by atoms with Crippen molar-refractivity contribution in [3.8, 4) is 6.01 Å². The van der Waals surface area contributed by atoms with Gasteiger partial charge in [0, 0.05) is 43.7 Å². The second kappa shape index (κ2) is 11.3. The highest BCUT2D eigenvalue weighted by Gasteiger charge is 2.70. The number of fused-ring (bicyclic) bond motifs is 1. The number of benzene rings is 1. The topological polar surface area (TPSA) is 89.6 Å². The molecule has 6 rings (SSSR count). The van der Waals surface area contributed by atoms with Gasteiger partial charge in [0.25, 0.3) is 0 Å². The molecule has 4 heterocycles. The molecule has 3 aliphatic heterocycles. The third-order valence-corrected chi connectivity index (χ3v) is 10.1. The van der Waals surface area contributed by atoms with Crippen LogP contribution in [0.4, 0.5) is 11.5 Å². The fourth-order valence-electron chi connectivity index (χ4n) is 7.43. The van der Waals surface area contributed by atoms with Gasteiger partial charge in [-0.05, 0) is 44.5 Å². The minimum Gasteiger partial charge on any atom is -0.455 e. The van der Waals surface area contributed by atoms with Crippen molar-refractivity contribution in [1.82, 2.24) is 19.8 Å². The fourth-order valence-corrected chi connectivity index (χ4v) is 7.69. The number of carbonyl (C=O) groups excluding carboxylic acids is 1. The van der Waals surface area contributed by atoms with E-state index in [0.717, 1.165) is 42.1 Å². The van der Waals surface area contributed by atoms with Crippen molar-refractivity contribution < 1.29 is 14.6 Å². The summed E-state index contributed by atoms with van der Waals surface area (Å²) in [7, 11) is 2.04. The molecule has 1 amide bonds. The summed E-state index contributed by atoms with van der Waals surface area (Å²) in [6.45, 7) is 19.3. The summed E-state index contributed by atoms with van der Waals surface area (Å²) in [6, 6.07) is 7.97. The van der Waals surface area contributed by atoms with Gasteiger partial charge in [-0.15, -0.1) is 0 Å². The molecule has 2 saturated heterocycles. The van der Waals surface area contributed by atoms with Gasteiger partial charge >= 0.3 is 6.01 Å². The van der Waals surface area contributed by atoms with Crippen molar-refractivity contribution in [2.45, 2.75) is 63.4 Å². The molecule has 1 aromatic heterocycles. The van der Waals surface area contributed by atoms with Gasteiger partial charge in [0.2, 0.25) is 12.5 Å². The standard InChI is InChI=1S/C32H40ClN7O3/c1-6-28(42)40-14-13-39(17-21(40)16-34-4)29-23-11-12-38(26-10-8-7-9-24(26)33)19-25(23)35-30(36-29)43-32(20-31(32,2)3)27-15-22(41)18-37(27)5/h6-10,21-22,27,41H,1,11-20H2,2-3,5H3/t21-,22?,27?,32?/m0/s1. The van der Waals surface area contributed by atoms with Crippen LogP contribution in [0.2, 0.25) is 5.02 Å². The van der Waals surface area contributed by atoms with Crippen molar-refractivity contribution in [3.05, 3.63) is 64.6 Å². The Morgan fingerprint density at radius 1 is 1.23 bits per heavy atom. The number of aliphatic hydroxyl groups is 1. The van der Waals surface area contributed by atoms with Gasteiger partial charge in [0.1, 0.15) is 17.5 Å². The minimum atomic E-state index is -0.510. The second-order valence-corrected chi connectivity index (χ2v) is 13.4. The summed E-state index contributed by atoms with van der Waals surface area (Å²) in [5, 5.41) is 11.2. The molecule has 2 aromatic rings. The molecule has 3 fully saturated rings. The van der Waals surface area contributed by atoms with Crippen molar-refractivity contribution in [3.63, 3.8) is 0 Å². The van der Waals surface area contributed by atoms with Gasteiger partial charge < -0.3 is 29.4 Å². The molecule has 11 heteroatoms. The number of hydrogen-bond donors (Lipinski definition) is 1. The van der Waals surface area contributed by atoms with Crippen LogP contribution in [0.15, 0.2) is 36.9 Å². The molecule has 1 aromatic carbocycles. The highest BCUT2D eigenvalue weighted by atomic mass is 35.5. The van der Waals surface area contributed by atoms with Crippen LogP contribution in [0.3, 0.4) is 0 Å². The van der Waals surface area contributed by atoms with Gasteiger partial charge in [-0.25, -0.2) is 6.57 Å². The molecule has 1 aliphatic carbocycles. The van der Waals surface area contributed by atoms with E-state index in [1.54, 1.807) is 4.90 Å². The van der Waals surface area contributed by atoms with Gasteiger partial charge in [-0.2, -0.15) is 9.97 Å². The highest BCUT2D eigenvalue weighted by Crippen LogP contribution is 2.62. The lowest BCUT2D eigenvalue weighted by Gasteiger charge is -2.41. The number of rotatable bonds is 7. The van der Waals surface area contributed by atoms with E-state index in [-0.39, 0.29) is 36.1 Å². The lowest BCUT2D eigenvalue weighted by atomic mass is 9.97. The third kappa shape index (κ3) is 5.32. The van der Waals surface area contributed by atoms with E-state index in [9.17, 15) is 9.90 Å². The number of halogens is 1. The zero-order chi connectivity index (χ0) is 30.5. The molecule has 43 heavy (non-hydrogen) atoms. The fraction of sp³-hybridized carbons (Fsp3) is 0.562. The average molecular weight is 606 g/mol. The van der Waals surface area contributed by atoms with Crippen LogP contribution in [0, 0.1) is 12.0 Å². The minimum absolute atomic E-state index is 0.0525. The normalized spacial score (nSPS) is 28.3. The predicted octanol–water partition coefficient (Wildman–Crippen LogP) is 3.43. The van der Waals surface area contributed by atoms with Crippen molar-refractivity contribution in [2.24, 2.45) is 5.41 Å². The Kier molecular flexibility index (Phi) is 7.78. The Labute approximate surface area is 258 Å². The number of hydrogen-bond acceptors (Lipinski definition) is 8. The largest absolute Gasteiger partial charge is 0.455 e. The molecule has 4 aliphatic rings. The van der Waals surface area contributed by atoms with Crippen LogP contribution in [0.5, 0.6) is 6.01 Å². The maximum atomic E-state index is 12.6. The number of piperazine rings is 1. The van der Waals surface area contributed by atoms with Crippen LogP contribution in [0.1, 0.15) is 37.9 Å². The van der Waals surface area contributed by atoms with Crippen LogP contribution in [0.25, 0.3) is 4.85 Å². The zero-order valence-electron chi connectivity index (χ0n) is 25.2. The van der Waals surface area contributed by atoms with Crippen molar-refractivity contribution in [2.75, 3.05) is 56.1 Å². The number of anilines is 2. The molecule has 0 spiro atoms. The predicted molar refractivity (Wildman–Crippen MR) is 166 cm³/mol.